The van der Waals surface area contributed by atoms with Gasteiger partial charge in [0.25, 0.3) is 5.69 Å². The number of carbonyl (C=O) groups is 1. The molecular weight excluding hydrogens is 250 g/mol. The number of nitrogens with zero attached hydrogens (tertiary/aromatic N) is 1. The van der Waals surface area contributed by atoms with E-state index >= 15 is 0 Å². The van der Waals surface area contributed by atoms with Crippen LogP contribution in [-0.2, 0) is 4.79 Å². The zero-order valence-electron chi connectivity index (χ0n) is 8.16. The van der Waals surface area contributed by atoms with Crippen LogP contribution in [0.25, 0.3) is 0 Å². The van der Waals surface area contributed by atoms with Gasteiger partial charge in [0.05, 0.1) is 16.2 Å². The quantitative estimate of drug-likeness (QED) is 0.366. The van der Waals surface area contributed by atoms with Gasteiger partial charge >= 0.3 is 5.97 Å². The third-order valence-corrected chi connectivity index (χ3v) is 4.02. The zero-order chi connectivity index (χ0) is 12.0. The molecule has 0 atom stereocenters. The van der Waals surface area contributed by atoms with Gasteiger partial charge in [-0.15, -0.1) is 0 Å². The number of nitro benzene ring substituents is 1. The lowest BCUT2D eigenvalue weighted by Crippen LogP contribution is -1.95. The SMILES string of the molecule is O=C(O)CCSSc1ccccc1[N+](=O)[O-]. The molecule has 16 heavy (non-hydrogen) atoms. The highest BCUT2D eigenvalue weighted by Crippen LogP contribution is 2.37. The number of nitro groups is 1. The van der Waals surface area contributed by atoms with Crippen molar-refractivity contribution in [1.29, 1.82) is 0 Å². The monoisotopic (exact) mass is 259 g/mol. The molecule has 7 heteroatoms. The molecule has 0 aliphatic rings. The molecule has 1 rings (SSSR count). The summed E-state index contributed by atoms with van der Waals surface area (Å²) >= 11 is 0. The second-order valence-corrected chi connectivity index (χ2v) is 5.23. The van der Waals surface area contributed by atoms with Gasteiger partial charge in [0.15, 0.2) is 0 Å². The number of hydrogen-bond donors (Lipinski definition) is 1. The zero-order valence-corrected chi connectivity index (χ0v) is 9.79. The van der Waals surface area contributed by atoms with E-state index < -0.39 is 10.9 Å². The van der Waals surface area contributed by atoms with E-state index in [1.807, 2.05) is 0 Å². The van der Waals surface area contributed by atoms with Gasteiger partial charge < -0.3 is 5.11 Å². The molecule has 86 valence electrons. The highest BCUT2D eigenvalue weighted by atomic mass is 33.1. The first-order valence-corrected chi connectivity index (χ1v) is 6.68. The predicted molar refractivity (Wildman–Crippen MR) is 63.7 cm³/mol. The maximum absolute atomic E-state index is 10.7. The summed E-state index contributed by atoms with van der Waals surface area (Å²) in [5, 5.41) is 19.1. The number of aliphatic carboxylic acids is 1. The van der Waals surface area contributed by atoms with Crippen molar-refractivity contribution in [2.45, 2.75) is 11.3 Å². The highest BCUT2D eigenvalue weighted by molar-refractivity contribution is 8.76. The topological polar surface area (TPSA) is 80.4 Å². The van der Waals surface area contributed by atoms with E-state index in [1.165, 1.54) is 27.7 Å². The van der Waals surface area contributed by atoms with Crippen molar-refractivity contribution in [3.63, 3.8) is 0 Å². The minimum Gasteiger partial charge on any atom is -0.481 e. The lowest BCUT2D eigenvalue weighted by atomic mass is 10.3. The van der Waals surface area contributed by atoms with Crippen LogP contribution in [0.1, 0.15) is 6.42 Å². The lowest BCUT2D eigenvalue weighted by molar-refractivity contribution is -0.387. The minimum absolute atomic E-state index is 0.0512. The van der Waals surface area contributed by atoms with Crippen LogP contribution in [0.4, 0.5) is 5.69 Å². The Morgan fingerprint density at radius 3 is 2.75 bits per heavy atom. The summed E-state index contributed by atoms with van der Waals surface area (Å²) in [5.74, 6) is -0.442. The Bertz CT molecular complexity index is 397. The van der Waals surface area contributed by atoms with Crippen LogP contribution in [0.3, 0.4) is 0 Å². The maximum Gasteiger partial charge on any atom is 0.304 e. The van der Waals surface area contributed by atoms with Gasteiger partial charge in [-0.05, 0) is 6.07 Å². The Hall–Kier alpha value is -1.21. The van der Waals surface area contributed by atoms with Crippen LogP contribution in [0, 0.1) is 10.1 Å². The van der Waals surface area contributed by atoms with Gasteiger partial charge in [0.2, 0.25) is 0 Å². The first-order chi connectivity index (χ1) is 7.61. The van der Waals surface area contributed by atoms with Gasteiger partial charge in [-0.3, -0.25) is 14.9 Å². The summed E-state index contributed by atoms with van der Waals surface area (Å²) < 4.78 is 0. The molecule has 1 N–H and O–H groups in total. The Kier molecular flexibility index (Phi) is 5.13. The third-order valence-electron chi connectivity index (χ3n) is 1.61. The van der Waals surface area contributed by atoms with Crippen LogP contribution in [-0.4, -0.2) is 21.8 Å². The Morgan fingerprint density at radius 2 is 2.12 bits per heavy atom. The molecule has 1 aromatic rings. The van der Waals surface area contributed by atoms with E-state index in [-0.39, 0.29) is 12.1 Å². The minimum atomic E-state index is -0.865. The van der Waals surface area contributed by atoms with Gasteiger partial charge in [-0.2, -0.15) is 0 Å². The van der Waals surface area contributed by atoms with Crippen molar-refractivity contribution >= 4 is 33.2 Å². The summed E-state index contributed by atoms with van der Waals surface area (Å²) in [5.41, 5.74) is 0.0512. The summed E-state index contributed by atoms with van der Waals surface area (Å²) in [6.45, 7) is 0. The number of hydrogen-bond acceptors (Lipinski definition) is 5. The van der Waals surface area contributed by atoms with Crippen LogP contribution in [0.2, 0.25) is 0 Å². The Labute approximate surface area is 99.8 Å². The fraction of sp³-hybridized carbons (Fsp3) is 0.222. The molecule has 0 saturated heterocycles. The molecule has 1 aromatic carbocycles. The molecule has 0 saturated carbocycles. The molecular formula is C9H9NO4S2. The molecule has 0 unspecified atom stereocenters. The number of carboxylic acids is 1. The van der Waals surface area contributed by atoms with E-state index in [1.54, 1.807) is 18.2 Å². The van der Waals surface area contributed by atoms with Crippen LogP contribution in [0.5, 0.6) is 0 Å². The van der Waals surface area contributed by atoms with Gasteiger partial charge in [0.1, 0.15) is 0 Å². The summed E-state index contributed by atoms with van der Waals surface area (Å²) in [4.78, 5) is 21.0. The molecule has 0 amide bonds. The normalized spacial score (nSPS) is 10.0. The average molecular weight is 259 g/mol. The van der Waals surface area contributed by atoms with Crippen LogP contribution in [0.15, 0.2) is 29.2 Å². The Morgan fingerprint density at radius 1 is 1.44 bits per heavy atom. The lowest BCUT2D eigenvalue weighted by Gasteiger charge is -2.00. The first kappa shape index (κ1) is 12.9. The van der Waals surface area contributed by atoms with Crippen molar-refractivity contribution in [2.24, 2.45) is 0 Å². The van der Waals surface area contributed by atoms with Gasteiger partial charge in [-0.1, -0.05) is 33.7 Å². The van der Waals surface area contributed by atoms with Gasteiger partial charge in [0, 0.05) is 11.8 Å². The van der Waals surface area contributed by atoms with E-state index in [0.717, 1.165) is 0 Å². The molecule has 0 aromatic heterocycles. The van der Waals surface area contributed by atoms with Crippen LogP contribution >= 0.6 is 21.6 Å². The first-order valence-electron chi connectivity index (χ1n) is 4.36. The second-order valence-electron chi connectivity index (χ2n) is 2.77. The second kappa shape index (κ2) is 6.39. The van der Waals surface area contributed by atoms with Crippen LogP contribution < -0.4 is 0 Å². The van der Waals surface area contributed by atoms with E-state index in [2.05, 4.69) is 0 Å². The van der Waals surface area contributed by atoms with Crippen molar-refractivity contribution in [2.75, 3.05) is 5.75 Å². The largest absolute Gasteiger partial charge is 0.481 e. The van der Waals surface area contributed by atoms with Crippen molar-refractivity contribution in [3.8, 4) is 0 Å². The number of benzene rings is 1. The van der Waals surface area contributed by atoms with E-state index in [0.29, 0.717) is 10.6 Å². The summed E-state index contributed by atoms with van der Waals surface area (Å²) in [7, 11) is 2.53. The van der Waals surface area contributed by atoms with E-state index in [4.69, 9.17) is 5.11 Å². The fourth-order valence-corrected chi connectivity index (χ4v) is 3.05. The van der Waals surface area contributed by atoms with Crippen molar-refractivity contribution < 1.29 is 14.8 Å². The maximum atomic E-state index is 10.7. The standard InChI is InChI=1S/C9H9NO4S2/c11-9(12)5-6-15-16-8-4-2-1-3-7(8)10(13)14/h1-4H,5-6H2,(H,11,12). The summed E-state index contributed by atoms with van der Waals surface area (Å²) in [6, 6.07) is 6.40. The third kappa shape index (κ3) is 4.11. The average Bonchev–Trinajstić information content (AvgIpc) is 2.24. The molecule has 0 radical (unpaired) electrons. The predicted octanol–water partition coefficient (Wildman–Crippen LogP) is 2.81. The fourth-order valence-electron chi connectivity index (χ4n) is 0.913. The molecule has 5 nitrogen and oxygen atoms in total. The smallest absolute Gasteiger partial charge is 0.304 e. The van der Waals surface area contributed by atoms with Crippen molar-refractivity contribution in [3.05, 3.63) is 34.4 Å². The van der Waals surface area contributed by atoms with E-state index in [9.17, 15) is 14.9 Å². The molecule has 0 bridgehead atoms. The van der Waals surface area contributed by atoms with Crippen molar-refractivity contribution in [1.82, 2.24) is 0 Å². The number of carboxylic acid groups (broad SMARTS) is 1. The highest BCUT2D eigenvalue weighted by Gasteiger charge is 2.12. The molecule has 0 spiro atoms. The Balaban J connectivity index is 2.53. The molecule has 0 heterocycles. The number of para-hydroxylation sites is 1. The molecule has 0 fully saturated rings. The molecule has 0 aliphatic carbocycles. The van der Waals surface area contributed by atoms with Gasteiger partial charge in [-0.25, -0.2) is 0 Å². The number of rotatable bonds is 6. The molecule has 0 aliphatic heterocycles. The summed E-state index contributed by atoms with van der Waals surface area (Å²) in [6.07, 6.45) is 0.0539.